The van der Waals surface area contributed by atoms with E-state index in [0.29, 0.717) is 32.1 Å². The lowest BCUT2D eigenvalue weighted by Crippen LogP contribution is -2.55. The van der Waals surface area contributed by atoms with E-state index in [-0.39, 0.29) is 48.4 Å². The third kappa shape index (κ3) is 5.87. The fourth-order valence-corrected chi connectivity index (χ4v) is 3.12. The first-order valence-electron chi connectivity index (χ1n) is 9.24. The number of hydrogen-bond acceptors (Lipinski definition) is 3. The minimum Gasteiger partial charge on any atom is -0.357 e. The fraction of sp³-hybridized carbons (Fsp3) is 0.421. The van der Waals surface area contributed by atoms with Gasteiger partial charge in [0.15, 0.2) is 5.96 Å². The van der Waals surface area contributed by atoms with Crippen LogP contribution in [0.2, 0.25) is 0 Å². The van der Waals surface area contributed by atoms with Crippen molar-refractivity contribution in [1.82, 2.24) is 20.0 Å². The highest BCUT2D eigenvalue weighted by atomic mass is 127. The van der Waals surface area contributed by atoms with Crippen molar-refractivity contribution in [3.8, 4) is 0 Å². The van der Waals surface area contributed by atoms with Crippen LogP contribution in [-0.2, 0) is 18.3 Å². The van der Waals surface area contributed by atoms with Gasteiger partial charge in [-0.05, 0) is 37.1 Å². The number of benzene rings is 1. The van der Waals surface area contributed by atoms with Crippen molar-refractivity contribution in [3.63, 3.8) is 0 Å². The first-order chi connectivity index (χ1) is 13.5. The Hall–Kier alpha value is -2.24. The van der Waals surface area contributed by atoms with Crippen molar-refractivity contribution in [2.45, 2.75) is 13.3 Å². The van der Waals surface area contributed by atoms with Crippen LogP contribution in [0, 0.1) is 11.6 Å². The van der Waals surface area contributed by atoms with Gasteiger partial charge in [0.1, 0.15) is 18.2 Å². The van der Waals surface area contributed by atoms with E-state index in [0.717, 1.165) is 17.8 Å². The summed E-state index contributed by atoms with van der Waals surface area (Å²) in [6.07, 6.45) is 3.75. The summed E-state index contributed by atoms with van der Waals surface area (Å²) in [5.74, 6) is -0.356. The van der Waals surface area contributed by atoms with Crippen molar-refractivity contribution in [2.75, 3.05) is 37.6 Å². The van der Waals surface area contributed by atoms with Gasteiger partial charge in [-0.15, -0.1) is 24.0 Å². The highest BCUT2D eigenvalue weighted by Crippen LogP contribution is 2.16. The lowest BCUT2D eigenvalue weighted by atomic mass is 10.1. The molecule has 0 spiro atoms. The van der Waals surface area contributed by atoms with Crippen LogP contribution in [0.1, 0.15) is 12.5 Å². The average Bonchev–Trinajstić information content (AvgIpc) is 3.09. The van der Waals surface area contributed by atoms with Crippen LogP contribution in [0.5, 0.6) is 0 Å². The third-order valence-electron chi connectivity index (χ3n) is 4.51. The summed E-state index contributed by atoms with van der Waals surface area (Å²) >= 11 is 0. The number of hydrogen-bond donors (Lipinski definition) is 1. The molecule has 0 radical (unpaired) electrons. The molecular weight excluding hydrogens is 493 g/mol. The zero-order valence-corrected chi connectivity index (χ0v) is 18.8. The van der Waals surface area contributed by atoms with Gasteiger partial charge < -0.3 is 15.1 Å². The van der Waals surface area contributed by atoms with Crippen LogP contribution in [0.4, 0.5) is 14.5 Å². The van der Waals surface area contributed by atoms with Gasteiger partial charge in [-0.3, -0.25) is 14.5 Å². The van der Waals surface area contributed by atoms with E-state index < -0.39 is 11.6 Å². The number of carbonyl (C=O) groups is 1. The first-order valence-corrected chi connectivity index (χ1v) is 9.24. The molecule has 2 heterocycles. The Morgan fingerprint density at radius 1 is 1.31 bits per heavy atom. The summed E-state index contributed by atoms with van der Waals surface area (Å²) < 4.78 is 28.7. The lowest BCUT2D eigenvalue weighted by molar-refractivity contribution is -0.120. The molecule has 10 heteroatoms. The smallest absolute Gasteiger partial charge is 0.246 e. The third-order valence-corrected chi connectivity index (χ3v) is 4.51. The van der Waals surface area contributed by atoms with Gasteiger partial charge in [-0.1, -0.05) is 0 Å². The van der Waals surface area contributed by atoms with Crippen LogP contribution in [-0.4, -0.2) is 59.3 Å². The van der Waals surface area contributed by atoms with E-state index >= 15 is 0 Å². The molecule has 1 amide bonds. The van der Waals surface area contributed by atoms with E-state index in [1.807, 2.05) is 18.9 Å². The second-order valence-electron chi connectivity index (χ2n) is 6.56. The Bertz CT molecular complexity index is 872. The maximum atomic E-state index is 13.8. The molecule has 0 aliphatic carbocycles. The Kier molecular flexibility index (Phi) is 8.35. The molecule has 1 saturated heterocycles. The highest BCUT2D eigenvalue weighted by Gasteiger charge is 2.27. The minimum absolute atomic E-state index is 0. The van der Waals surface area contributed by atoms with E-state index in [9.17, 15) is 13.6 Å². The summed E-state index contributed by atoms with van der Waals surface area (Å²) in [5.41, 5.74) is 1.06. The number of carbonyl (C=O) groups excluding carboxylic acids is 1. The first kappa shape index (κ1) is 23.0. The Morgan fingerprint density at radius 2 is 2.10 bits per heavy atom. The molecule has 1 aliphatic heterocycles. The predicted molar refractivity (Wildman–Crippen MR) is 119 cm³/mol. The number of piperazine rings is 1. The number of aliphatic imine (C=N–C) groups is 1. The Balaban J connectivity index is 0.00000300. The topological polar surface area (TPSA) is 65.8 Å². The Morgan fingerprint density at radius 3 is 2.76 bits per heavy atom. The minimum atomic E-state index is -0.468. The molecule has 1 N–H and O–H groups in total. The highest BCUT2D eigenvalue weighted by molar-refractivity contribution is 14.0. The molecular formula is C19H25F2IN6O. The number of rotatable bonds is 5. The van der Waals surface area contributed by atoms with Crippen molar-refractivity contribution >= 4 is 41.5 Å². The van der Waals surface area contributed by atoms with E-state index in [1.54, 1.807) is 22.0 Å². The van der Waals surface area contributed by atoms with Gasteiger partial charge in [0.2, 0.25) is 5.91 Å². The number of amides is 1. The van der Waals surface area contributed by atoms with Crippen LogP contribution in [0.3, 0.4) is 0 Å². The number of aryl methyl sites for hydroxylation is 1. The SMILES string of the molecule is CCNC(=NCCc1cc(F)ccc1F)N1CCN(c2cnn(C)c2)C(=O)C1.I. The number of nitrogens with zero attached hydrogens (tertiary/aromatic N) is 5. The largest absolute Gasteiger partial charge is 0.357 e. The quantitative estimate of drug-likeness (QED) is 0.375. The van der Waals surface area contributed by atoms with Crippen molar-refractivity contribution < 1.29 is 13.6 Å². The fourth-order valence-electron chi connectivity index (χ4n) is 3.12. The predicted octanol–water partition coefficient (Wildman–Crippen LogP) is 2.17. The molecule has 0 bridgehead atoms. The molecule has 1 aromatic heterocycles. The van der Waals surface area contributed by atoms with Crippen LogP contribution < -0.4 is 10.2 Å². The lowest BCUT2D eigenvalue weighted by Gasteiger charge is -2.35. The molecule has 3 rings (SSSR count). The Labute approximate surface area is 185 Å². The van der Waals surface area contributed by atoms with Gasteiger partial charge in [0.05, 0.1) is 11.9 Å². The van der Waals surface area contributed by atoms with Gasteiger partial charge in [-0.2, -0.15) is 5.10 Å². The van der Waals surface area contributed by atoms with Crippen molar-refractivity contribution in [1.29, 1.82) is 0 Å². The number of guanidine groups is 1. The van der Waals surface area contributed by atoms with Crippen molar-refractivity contribution in [3.05, 3.63) is 47.8 Å². The van der Waals surface area contributed by atoms with E-state index in [2.05, 4.69) is 15.4 Å². The molecule has 158 valence electrons. The van der Waals surface area contributed by atoms with E-state index in [4.69, 9.17) is 0 Å². The average molecular weight is 518 g/mol. The molecule has 0 saturated carbocycles. The molecule has 1 aromatic carbocycles. The molecule has 1 aliphatic rings. The summed E-state index contributed by atoms with van der Waals surface area (Å²) in [6, 6.07) is 3.41. The number of anilines is 1. The monoisotopic (exact) mass is 518 g/mol. The zero-order valence-electron chi connectivity index (χ0n) is 16.4. The summed E-state index contributed by atoms with van der Waals surface area (Å²) in [5, 5.41) is 7.27. The van der Waals surface area contributed by atoms with Gasteiger partial charge in [0, 0.05) is 39.4 Å². The molecule has 1 fully saturated rings. The van der Waals surface area contributed by atoms with Crippen LogP contribution in [0.15, 0.2) is 35.6 Å². The standard InChI is InChI=1S/C19H24F2N6O.HI/c1-3-22-19(23-7-6-14-10-15(20)4-5-17(14)21)26-8-9-27(18(28)13-26)16-11-24-25(2)12-16;/h4-5,10-12H,3,6-9,13H2,1-2H3,(H,22,23);1H. The normalized spacial score (nSPS) is 14.8. The molecule has 7 nitrogen and oxygen atoms in total. The van der Waals surface area contributed by atoms with E-state index in [1.165, 1.54) is 6.07 Å². The number of nitrogens with one attached hydrogen (secondary N) is 1. The second-order valence-corrected chi connectivity index (χ2v) is 6.56. The van der Waals surface area contributed by atoms with Gasteiger partial charge >= 0.3 is 0 Å². The summed E-state index contributed by atoms with van der Waals surface area (Å²) in [6.45, 7) is 4.20. The van der Waals surface area contributed by atoms with Crippen molar-refractivity contribution in [2.24, 2.45) is 12.0 Å². The van der Waals surface area contributed by atoms with Gasteiger partial charge in [0.25, 0.3) is 0 Å². The second kappa shape index (κ2) is 10.5. The molecule has 29 heavy (non-hydrogen) atoms. The zero-order chi connectivity index (χ0) is 20.1. The number of halogens is 3. The maximum absolute atomic E-state index is 13.8. The van der Waals surface area contributed by atoms with Gasteiger partial charge in [-0.25, -0.2) is 8.78 Å². The maximum Gasteiger partial charge on any atom is 0.246 e. The van der Waals surface area contributed by atoms with Crippen LogP contribution >= 0.6 is 24.0 Å². The molecule has 2 aromatic rings. The molecule has 0 unspecified atom stereocenters. The number of aromatic nitrogens is 2. The van der Waals surface area contributed by atoms with Crippen LogP contribution in [0.25, 0.3) is 0 Å². The summed E-state index contributed by atoms with van der Waals surface area (Å²) in [4.78, 5) is 20.6. The summed E-state index contributed by atoms with van der Waals surface area (Å²) in [7, 11) is 1.81. The molecule has 0 atom stereocenters.